The van der Waals surface area contributed by atoms with Gasteiger partial charge in [-0.1, -0.05) is 32.4 Å². The maximum Gasteiger partial charge on any atom is 0.262 e. The number of aromatic nitrogens is 5. The Morgan fingerprint density at radius 2 is 1.86 bits per heavy atom. The Balaban J connectivity index is 1.61. The lowest BCUT2D eigenvalue weighted by Crippen LogP contribution is -2.29. The molecule has 0 unspecified atom stereocenters. The topological polar surface area (TPSA) is 142 Å². The predicted octanol–water partition coefficient (Wildman–Crippen LogP) is 5.22. The van der Waals surface area contributed by atoms with Crippen LogP contribution in [0.25, 0.3) is 11.3 Å². The zero-order valence-corrected chi connectivity index (χ0v) is 24.4. The lowest BCUT2D eigenvalue weighted by Gasteiger charge is -2.18. The van der Waals surface area contributed by atoms with Crippen molar-refractivity contribution in [2.45, 2.75) is 33.9 Å². The standard InChI is InChI=1S/C29H25ClN6O5S/c1-29(2,3)28(40)36-25(32-12-19-4-5-24(30)42-19)11-21(34-36)18-10-20(26(38)17-6-8-31-9-7-17)27(39)35(13-18)14-23(37)22-15-41-16-33-22/h4-11,13,15-16,32H,12,14H2,1-3H3. The zero-order valence-electron chi connectivity index (χ0n) is 22.8. The summed E-state index contributed by atoms with van der Waals surface area (Å²) in [6.07, 6.45) is 6.62. The quantitative estimate of drug-likeness (QED) is 0.224. The highest BCUT2D eigenvalue weighted by atomic mass is 35.5. The summed E-state index contributed by atoms with van der Waals surface area (Å²) in [5.74, 6) is -0.906. The first-order chi connectivity index (χ1) is 20.0. The van der Waals surface area contributed by atoms with Crippen LogP contribution in [0.15, 0.2) is 76.9 Å². The molecule has 11 nitrogen and oxygen atoms in total. The van der Waals surface area contributed by atoms with Crippen molar-refractivity contribution in [3.05, 3.63) is 104 Å². The van der Waals surface area contributed by atoms with Gasteiger partial charge in [-0.15, -0.1) is 11.3 Å². The van der Waals surface area contributed by atoms with Gasteiger partial charge < -0.3 is 14.3 Å². The zero-order chi connectivity index (χ0) is 30.0. The summed E-state index contributed by atoms with van der Waals surface area (Å²) in [6.45, 7) is 5.32. The van der Waals surface area contributed by atoms with Crippen LogP contribution in [0.4, 0.5) is 5.82 Å². The van der Waals surface area contributed by atoms with Gasteiger partial charge in [0.05, 0.1) is 28.7 Å². The number of rotatable bonds is 9. The molecule has 13 heteroatoms. The Hall–Kier alpha value is -4.68. The van der Waals surface area contributed by atoms with Gasteiger partial charge in [0.1, 0.15) is 17.8 Å². The molecule has 0 amide bonds. The highest BCUT2D eigenvalue weighted by Gasteiger charge is 2.28. The molecule has 0 aliphatic rings. The summed E-state index contributed by atoms with van der Waals surface area (Å²) in [4.78, 5) is 61.9. The number of hydrogen-bond donors (Lipinski definition) is 1. The van der Waals surface area contributed by atoms with Crippen LogP contribution in [0.2, 0.25) is 4.34 Å². The van der Waals surface area contributed by atoms with E-state index in [9.17, 15) is 19.2 Å². The number of nitrogens with one attached hydrogen (secondary N) is 1. The van der Waals surface area contributed by atoms with Gasteiger partial charge in [-0.05, 0) is 30.3 Å². The fourth-order valence-electron chi connectivity index (χ4n) is 4.05. The summed E-state index contributed by atoms with van der Waals surface area (Å²) in [5.41, 5.74) is -0.666. The fourth-order valence-corrected chi connectivity index (χ4v) is 5.07. The smallest absolute Gasteiger partial charge is 0.262 e. The Morgan fingerprint density at radius 1 is 1.10 bits per heavy atom. The molecule has 1 N–H and O–H groups in total. The molecule has 0 aliphatic heterocycles. The Bertz CT molecular complexity index is 1830. The van der Waals surface area contributed by atoms with Crippen LogP contribution in [0.5, 0.6) is 0 Å². The van der Waals surface area contributed by atoms with Gasteiger partial charge in [0, 0.05) is 46.1 Å². The average Bonchev–Trinajstić information content (AvgIpc) is 3.73. The normalized spacial score (nSPS) is 11.4. The minimum atomic E-state index is -0.767. The number of thiophene rings is 1. The number of carbonyl (C=O) groups is 3. The van der Waals surface area contributed by atoms with E-state index in [1.54, 1.807) is 32.9 Å². The highest BCUT2D eigenvalue weighted by Crippen LogP contribution is 2.28. The second-order valence-electron chi connectivity index (χ2n) is 10.4. The molecule has 0 fully saturated rings. The molecule has 0 saturated carbocycles. The van der Waals surface area contributed by atoms with Crippen LogP contribution < -0.4 is 10.9 Å². The van der Waals surface area contributed by atoms with E-state index in [1.807, 2.05) is 6.07 Å². The molecule has 0 aliphatic carbocycles. The molecule has 5 aromatic rings. The first-order valence-electron chi connectivity index (χ1n) is 12.7. The van der Waals surface area contributed by atoms with E-state index < -0.39 is 29.1 Å². The Kier molecular flexibility index (Phi) is 8.01. The number of nitrogens with zero attached hydrogens (tertiary/aromatic N) is 5. The van der Waals surface area contributed by atoms with Gasteiger partial charge in [0.2, 0.25) is 5.78 Å². The van der Waals surface area contributed by atoms with Crippen molar-refractivity contribution in [2.75, 3.05) is 5.32 Å². The Morgan fingerprint density at radius 3 is 2.50 bits per heavy atom. The molecule has 0 aromatic carbocycles. The minimum absolute atomic E-state index is 0.0366. The molecular formula is C29H25ClN6O5S. The molecular weight excluding hydrogens is 580 g/mol. The molecule has 5 aromatic heterocycles. The van der Waals surface area contributed by atoms with Crippen molar-refractivity contribution in [1.29, 1.82) is 0 Å². The molecule has 0 spiro atoms. The van der Waals surface area contributed by atoms with Gasteiger partial charge in [-0.2, -0.15) is 9.78 Å². The Labute approximate surface area is 248 Å². The predicted molar refractivity (Wildman–Crippen MR) is 157 cm³/mol. The van der Waals surface area contributed by atoms with E-state index in [0.29, 0.717) is 28.0 Å². The van der Waals surface area contributed by atoms with E-state index in [2.05, 4.69) is 20.4 Å². The number of Topliss-reactive ketones (excluding diaryl/α,β-unsaturated/α-hetero) is 1. The highest BCUT2D eigenvalue weighted by molar-refractivity contribution is 7.16. The van der Waals surface area contributed by atoms with E-state index in [0.717, 1.165) is 15.8 Å². The van der Waals surface area contributed by atoms with Crippen LogP contribution in [-0.4, -0.2) is 41.8 Å². The molecule has 0 bridgehead atoms. The van der Waals surface area contributed by atoms with E-state index in [4.69, 9.17) is 16.0 Å². The number of halogens is 1. The monoisotopic (exact) mass is 604 g/mol. The van der Waals surface area contributed by atoms with Crippen LogP contribution in [-0.2, 0) is 13.1 Å². The van der Waals surface area contributed by atoms with Crippen LogP contribution >= 0.6 is 22.9 Å². The maximum absolute atomic E-state index is 13.5. The van der Waals surface area contributed by atoms with Crippen molar-refractivity contribution in [3.8, 4) is 11.3 Å². The largest absolute Gasteiger partial charge is 0.451 e. The fraction of sp³-hybridized carbons (Fsp3) is 0.207. The van der Waals surface area contributed by atoms with E-state index in [1.165, 1.54) is 59.1 Å². The minimum Gasteiger partial charge on any atom is -0.451 e. The third-order valence-electron chi connectivity index (χ3n) is 6.22. The first kappa shape index (κ1) is 28.8. The van der Waals surface area contributed by atoms with Gasteiger partial charge in [0.15, 0.2) is 12.2 Å². The molecule has 214 valence electrons. The summed E-state index contributed by atoms with van der Waals surface area (Å²) in [6, 6.07) is 9.73. The average molecular weight is 605 g/mol. The summed E-state index contributed by atoms with van der Waals surface area (Å²) >= 11 is 7.48. The van der Waals surface area contributed by atoms with Crippen molar-refractivity contribution in [3.63, 3.8) is 0 Å². The number of ketones is 2. The number of anilines is 1. The van der Waals surface area contributed by atoms with E-state index in [-0.39, 0.29) is 22.7 Å². The third-order valence-corrected chi connectivity index (χ3v) is 7.45. The molecule has 0 saturated heterocycles. The second kappa shape index (κ2) is 11.7. The van der Waals surface area contributed by atoms with Crippen LogP contribution in [0.3, 0.4) is 0 Å². The number of oxazole rings is 1. The molecule has 0 atom stereocenters. The first-order valence-corrected chi connectivity index (χ1v) is 13.9. The number of hydrogen-bond acceptors (Lipinski definition) is 10. The van der Waals surface area contributed by atoms with Gasteiger partial charge in [0.25, 0.3) is 11.5 Å². The van der Waals surface area contributed by atoms with E-state index >= 15 is 0 Å². The summed E-state index contributed by atoms with van der Waals surface area (Å²) < 4.78 is 7.94. The molecule has 5 rings (SSSR count). The van der Waals surface area contributed by atoms with Crippen molar-refractivity contribution in [1.82, 2.24) is 24.3 Å². The van der Waals surface area contributed by atoms with Gasteiger partial charge in [-0.3, -0.25) is 24.2 Å². The second-order valence-corrected chi connectivity index (χ2v) is 12.2. The molecule has 5 heterocycles. The number of carbonyl (C=O) groups excluding carboxylic acids is 3. The number of pyridine rings is 2. The van der Waals surface area contributed by atoms with Crippen LogP contribution in [0.1, 0.15) is 56.9 Å². The maximum atomic E-state index is 13.5. The lowest BCUT2D eigenvalue weighted by molar-refractivity contribution is 0.0752. The van der Waals surface area contributed by atoms with Gasteiger partial charge >= 0.3 is 0 Å². The van der Waals surface area contributed by atoms with Gasteiger partial charge in [-0.25, -0.2) is 4.98 Å². The summed E-state index contributed by atoms with van der Waals surface area (Å²) in [5, 5.41) is 7.81. The van der Waals surface area contributed by atoms with Crippen molar-refractivity contribution in [2.24, 2.45) is 5.41 Å². The molecule has 0 radical (unpaired) electrons. The molecule has 42 heavy (non-hydrogen) atoms. The summed E-state index contributed by atoms with van der Waals surface area (Å²) in [7, 11) is 0. The van der Waals surface area contributed by atoms with Crippen LogP contribution in [0, 0.1) is 5.41 Å². The van der Waals surface area contributed by atoms with Crippen molar-refractivity contribution >= 4 is 46.2 Å². The third kappa shape index (κ3) is 6.14. The SMILES string of the molecule is CC(C)(C)C(=O)n1nc(-c2cc(C(=O)c3ccncc3)c(=O)n(CC(=O)c3cocn3)c2)cc1NCc1ccc(Cl)s1. The van der Waals surface area contributed by atoms with Crippen molar-refractivity contribution < 1.29 is 18.8 Å². The lowest BCUT2D eigenvalue weighted by atomic mass is 9.96.